The van der Waals surface area contributed by atoms with Crippen molar-refractivity contribution in [3.8, 4) is 0 Å². The first-order chi connectivity index (χ1) is 10.1. The molecule has 4 nitrogen and oxygen atoms in total. The highest BCUT2D eigenvalue weighted by atomic mass is 19.1. The molecule has 110 valence electrons. The van der Waals surface area contributed by atoms with Crippen molar-refractivity contribution < 1.29 is 13.6 Å². The molecule has 1 amide bonds. The molecule has 5 heteroatoms. The summed E-state index contributed by atoms with van der Waals surface area (Å²) in [6, 6.07) is 4.66. The molecule has 2 aliphatic rings. The number of rotatable bonds is 1. The summed E-state index contributed by atoms with van der Waals surface area (Å²) in [5, 5.41) is 0.684. The van der Waals surface area contributed by atoms with Crippen molar-refractivity contribution in [1.82, 2.24) is 9.80 Å². The maximum absolute atomic E-state index is 13.4. The smallest absolute Gasteiger partial charge is 0.290 e. The predicted octanol–water partition coefficient (Wildman–Crippen LogP) is 2.41. The predicted molar refractivity (Wildman–Crippen MR) is 76.8 cm³/mol. The van der Waals surface area contributed by atoms with Crippen LogP contribution in [0.1, 0.15) is 22.5 Å². The third kappa shape index (κ3) is 1.95. The number of furan rings is 1. The van der Waals surface area contributed by atoms with Crippen molar-refractivity contribution in [2.75, 3.05) is 26.2 Å². The van der Waals surface area contributed by atoms with Crippen molar-refractivity contribution in [2.24, 2.45) is 0 Å². The number of benzene rings is 1. The van der Waals surface area contributed by atoms with E-state index in [1.807, 2.05) is 11.8 Å². The minimum absolute atomic E-state index is 0.0596. The SMILES string of the molecule is Cc1c(C(=O)N2CCN3CCC2C3)oc2ccc(F)cc12. The fraction of sp³-hybridized carbons (Fsp3) is 0.438. The van der Waals surface area contributed by atoms with E-state index in [0.29, 0.717) is 16.7 Å². The van der Waals surface area contributed by atoms with Crippen LogP contribution in [0.15, 0.2) is 22.6 Å². The summed E-state index contributed by atoms with van der Waals surface area (Å²) in [4.78, 5) is 17.1. The molecule has 0 N–H and O–H groups in total. The quantitative estimate of drug-likeness (QED) is 0.808. The molecule has 1 aromatic carbocycles. The topological polar surface area (TPSA) is 36.7 Å². The van der Waals surface area contributed by atoms with Gasteiger partial charge in [-0.1, -0.05) is 0 Å². The highest BCUT2D eigenvalue weighted by Crippen LogP contribution is 2.29. The van der Waals surface area contributed by atoms with Gasteiger partial charge in [-0.3, -0.25) is 9.69 Å². The molecular weight excluding hydrogens is 271 g/mol. The van der Waals surface area contributed by atoms with Crippen LogP contribution in [0.4, 0.5) is 4.39 Å². The van der Waals surface area contributed by atoms with E-state index < -0.39 is 0 Å². The molecule has 2 atom stereocenters. The number of piperazine rings is 1. The van der Waals surface area contributed by atoms with Crippen LogP contribution in [0.25, 0.3) is 11.0 Å². The van der Waals surface area contributed by atoms with Gasteiger partial charge >= 0.3 is 0 Å². The summed E-state index contributed by atoms with van der Waals surface area (Å²) in [5.74, 6) is -0.0126. The zero-order chi connectivity index (χ0) is 14.6. The second kappa shape index (κ2) is 4.56. The molecule has 2 aliphatic heterocycles. The number of carbonyl (C=O) groups is 1. The number of fused-ring (bicyclic) bond motifs is 3. The normalized spacial score (nSPS) is 24.8. The monoisotopic (exact) mass is 288 g/mol. The van der Waals surface area contributed by atoms with Crippen molar-refractivity contribution in [3.63, 3.8) is 0 Å². The third-order valence-electron chi connectivity index (χ3n) is 4.70. The van der Waals surface area contributed by atoms with Gasteiger partial charge in [0.15, 0.2) is 5.76 Å². The first kappa shape index (κ1) is 12.8. The molecule has 2 aromatic rings. The zero-order valence-corrected chi connectivity index (χ0v) is 11.9. The van der Waals surface area contributed by atoms with E-state index in [9.17, 15) is 9.18 Å². The summed E-state index contributed by atoms with van der Waals surface area (Å²) in [5.41, 5.74) is 1.30. The average molecular weight is 288 g/mol. The lowest BCUT2D eigenvalue weighted by molar-refractivity contribution is 0.0579. The van der Waals surface area contributed by atoms with Gasteiger partial charge in [0.1, 0.15) is 11.4 Å². The van der Waals surface area contributed by atoms with Gasteiger partial charge in [-0.15, -0.1) is 0 Å². The maximum atomic E-state index is 13.4. The van der Waals surface area contributed by atoms with Crippen molar-refractivity contribution in [2.45, 2.75) is 19.4 Å². The van der Waals surface area contributed by atoms with E-state index in [1.165, 1.54) is 12.1 Å². The summed E-state index contributed by atoms with van der Waals surface area (Å²) in [6.45, 7) is 5.52. The first-order valence-corrected chi connectivity index (χ1v) is 7.35. The van der Waals surface area contributed by atoms with Gasteiger partial charge in [0, 0.05) is 43.2 Å². The minimum atomic E-state index is -0.310. The van der Waals surface area contributed by atoms with Gasteiger partial charge in [-0.2, -0.15) is 0 Å². The summed E-state index contributed by atoms with van der Waals surface area (Å²) in [6.07, 6.45) is 1.03. The van der Waals surface area contributed by atoms with E-state index in [4.69, 9.17) is 4.42 Å². The molecule has 2 unspecified atom stereocenters. The Morgan fingerprint density at radius 3 is 3.05 bits per heavy atom. The minimum Gasteiger partial charge on any atom is -0.451 e. The van der Waals surface area contributed by atoms with Crippen LogP contribution >= 0.6 is 0 Å². The Hall–Kier alpha value is -1.88. The standard InChI is InChI=1S/C16H17FN2O2/c1-10-13-8-11(17)2-3-14(13)21-15(10)16(20)19-7-6-18-5-4-12(19)9-18/h2-3,8,12H,4-7,9H2,1H3. The summed E-state index contributed by atoms with van der Waals surface area (Å²) in [7, 11) is 0. The lowest BCUT2D eigenvalue weighted by Crippen LogP contribution is -2.49. The maximum Gasteiger partial charge on any atom is 0.290 e. The number of nitrogens with zero attached hydrogens (tertiary/aromatic N) is 2. The Bertz CT molecular complexity index is 724. The molecule has 1 aromatic heterocycles. The van der Waals surface area contributed by atoms with E-state index in [-0.39, 0.29) is 17.8 Å². The van der Waals surface area contributed by atoms with Gasteiger partial charge in [0.2, 0.25) is 0 Å². The highest BCUT2D eigenvalue weighted by Gasteiger charge is 2.37. The van der Waals surface area contributed by atoms with E-state index in [2.05, 4.69) is 4.90 Å². The Kier molecular flexibility index (Phi) is 2.79. The van der Waals surface area contributed by atoms with Crippen molar-refractivity contribution in [3.05, 3.63) is 35.3 Å². The first-order valence-electron chi connectivity index (χ1n) is 7.35. The molecule has 3 heterocycles. The van der Waals surface area contributed by atoms with Gasteiger partial charge in [-0.05, 0) is 31.5 Å². The molecule has 2 fully saturated rings. The Morgan fingerprint density at radius 1 is 1.33 bits per heavy atom. The molecule has 21 heavy (non-hydrogen) atoms. The van der Waals surface area contributed by atoms with Crippen LogP contribution in [0.2, 0.25) is 0 Å². The number of halogens is 1. The lowest BCUT2D eigenvalue weighted by Gasteiger charge is -2.33. The molecule has 4 rings (SSSR count). The van der Waals surface area contributed by atoms with Crippen LogP contribution in [0, 0.1) is 12.7 Å². The second-order valence-electron chi connectivity index (χ2n) is 5.94. The Labute approximate surface area is 122 Å². The van der Waals surface area contributed by atoms with Crippen molar-refractivity contribution in [1.29, 1.82) is 0 Å². The van der Waals surface area contributed by atoms with E-state index >= 15 is 0 Å². The number of aryl methyl sites for hydroxylation is 1. The third-order valence-corrected chi connectivity index (χ3v) is 4.70. The van der Waals surface area contributed by atoms with Crippen LogP contribution in [-0.4, -0.2) is 47.9 Å². The molecule has 0 spiro atoms. The van der Waals surface area contributed by atoms with Gasteiger partial charge < -0.3 is 9.32 Å². The van der Waals surface area contributed by atoms with Gasteiger partial charge in [0.25, 0.3) is 5.91 Å². The Morgan fingerprint density at radius 2 is 2.19 bits per heavy atom. The summed E-state index contributed by atoms with van der Waals surface area (Å²) >= 11 is 0. The fourth-order valence-corrected chi connectivity index (χ4v) is 3.50. The molecular formula is C16H17FN2O2. The van der Waals surface area contributed by atoms with Crippen LogP contribution < -0.4 is 0 Å². The average Bonchev–Trinajstić information content (AvgIpc) is 3.01. The van der Waals surface area contributed by atoms with Crippen molar-refractivity contribution >= 4 is 16.9 Å². The van der Waals surface area contributed by atoms with Gasteiger partial charge in [0.05, 0.1) is 0 Å². The van der Waals surface area contributed by atoms with E-state index in [0.717, 1.165) is 38.2 Å². The highest BCUT2D eigenvalue weighted by molar-refractivity contribution is 5.99. The van der Waals surface area contributed by atoms with Crippen LogP contribution in [0.5, 0.6) is 0 Å². The fourth-order valence-electron chi connectivity index (χ4n) is 3.50. The number of amides is 1. The molecule has 0 saturated carbocycles. The molecule has 2 bridgehead atoms. The second-order valence-corrected chi connectivity index (χ2v) is 5.94. The van der Waals surface area contributed by atoms with Gasteiger partial charge in [-0.25, -0.2) is 4.39 Å². The van der Waals surface area contributed by atoms with E-state index in [1.54, 1.807) is 6.07 Å². The van der Waals surface area contributed by atoms with Crippen LogP contribution in [0.3, 0.4) is 0 Å². The van der Waals surface area contributed by atoms with Crippen LogP contribution in [-0.2, 0) is 0 Å². The number of carbonyl (C=O) groups excluding carboxylic acids is 1. The Balaban J connectivity index is 1.72. The molecule has 0 aliphatic carbocycles. The molecule has 2 saturated heterocycles. The number of hydrogen-bond acceptors (Lipinski definition) is 3. The lowest BCUT2D eigenvalue weighted by atomic mass is 10.1. The molecule has 0 radical (unpaired) electrons. The summed E-state index contributed by atoms with van der Waals surface area (Å²) < 4.78 is 19.1. The zero-order valence-electron chi connectivity index (χ0n) is 11.9. The largest absolute Gasteiger partial charge is 0.451 e. The number of hydrogen-bond donors (Lipinski definition) is 0.